The van der Waals surface area contributed by atoms with Crippen LogP contribution in [-0.2, 0) is 19.1 Å². The Hall–Kier alpha value is -2.18. The van der Waals surface area contributed by atoms with E-state index in [0.29, 0.717) is 25.9 Å². The molecule has 0 radical (unpaired) electrons. The van der Waals surface area contributed by atoms with E-state index < -0.39 is 6.10 Å². The van der Waals surface area contributed by atoms with E-state index in [1.165, 1.54) is 25.7 Å². The van der Waals surface area contributed by atoms with Gasteiger partial charge in [0.25, 0.3) is 0 Å². The van der Waals surface area contributed by atoms with Crippen LogP contribution < -0.4 is 0 Å². The lowest BCUT2D eigenvalue weighted by Crippen LogP contribution is -2.28. The number of carbonyl (C=O) groups is 2. The summed E-state index contributed by atoms with van der Waals surface area (Å²) in [6.45, 7) is 4.33. The van der Waals surface area contributed by atoms with Crippen LogP contribution in [0.25, 0.3) is 0 Å². The first-order valence-corrected chi connectivity index (χ1v) is 16.2. The van der Waals surface area contributed by atoms with Crippen LogP contribution >= 0.6 is 0 Å². The predicted molar refractivity (Wildman–Crippen MR) is 170 cm³/mol. The lowest BCUT2D eigenvalue weighted by atomic mass is 10.0. The van der Waals surface area contributed by atoms with Crippen molar-refractivity contribution < 1.29 is 29.3 Å². The highest BCUT2D eigenvalue weighted by atomic mass is 16.6. The van der Waals surface area contributed by atoms with Gasteiger partial charge >= 0.3 is 11.9 Å². The average molecular weight is 577 g/mol. The van der Waals surface area contributed by atoms with Gasteiger partial charge in [-0.25, -0.2) is 0 Å². The largest absolute Gasteiger partial charge is 0.462 e. The summed E-state index contributed by atoms with van der Waals surface area (Å²) in [7, 11) is 0. The van der Waals surface area contributed by atoms with E-state index >= 15 is 0 Å². The van der Waals surface area contributed by atoms with Crippen molar-refractivity contribution in [2.45, 2.75) is 136 Å². The third-order valence-corrected chi connectivity index (χ3v) is 6.61. The zero-order chi connectivity index (χ0) is 30.2. The SMILES string of the molecule is CC(C)CCCCCCCCC(=O)O[C@@H](CO)COC(=O)CCC/C=C\C/C=C\C/C=C\C/C=C\CCCCCO. The third kappa shape index (κ3) is 30.6. The van der Waals surface area contributed by atoms with Crippen molar-refractivity contribution in [3.63, 3.8) is 0 Å². The molecule has 0 aromatic rings. The van der Waals surface area contributed by atoms with Gasteiger partial charge < -0.3 is 19.7 Å². The molecule has 2 N–H and O–H groups in total. The zero-order valence-corrected chi connectivity index (χ0v) is 26.2. The maximum Gasteiger partial charge on any atom is 0.306 e. The molecule has 6 heteroatoms. The monoisotopic (exact) mass is 576 g/mol. The summed E-state index contributed by atoms with van der Waals surface area (Å²) in [5, 5.41) is 18.2. The van der Waals surface area contributed by atoms with Gasteiger partial charge in [0.15, 0.2) is 6.10 Å². The second kappa shape index (κ2) is 30.8. The van der Waals surface area contributed by atoms with Gasteiger partial charge in [-0.1, -0.05) is 107 Å². The topological polar surface area (TPSA) is 93.1 Å². The molecule has 0 aromatic carbocycles. The van der Waals surface area contributed by atoms with Crippen LogP contribution in [0.3, 0.4) is 0 Å². The molecule has 0 aliphatic heterocycles. The van der Waals surface area contributed by atoms with E-state index in [4.69, 9.17) is 14.6 Å². The first-order valence-electron chi connectivity index (χ1n) is 16.2. The van der Waals surface area contributed by atoms with Crippen LogP contribution in [0.1, 0.15) is 129 Å². The fourth-order valence-corrected chi connectivity index (χ4v) is 4.12. The molecular weight excluding hydrogens is 516 g/mol. The molecule has 0 saturated heterocycles. The van der Waals surface area contributed by atoms with E-state index in [2.05, 4.69) is 62.5 Å². The van der Waals surface area contributed by atoms with Crippen LogP contribution in [-0.4, -0.2) is 48.1 Å². The molecule has 0 aliphatic rings. The second-order valence-electron chi connectivity index (χ2n) is 11.1. The van der Waals surface area contributed by atoms with Gasteiger partial charge in [0.1, 0.15) is 6.61 Å². The Labute approximate surface area is 251 Å². The number of aliphatic hydroxyl groups excluding tert-OH is 2. The summed E-state index contributed by atoms with van der Waals surface area (Å²) in [5.41, 5.74) is 0. The molecule has 0 aromatic heterocycles. The number of rotatable bonds is 28. The first-order chi connectivity index (χ1) is 20.0. The maximum atomic E-state index is 12.0. The molecule has 1 atom stereocenters. The molecule has 0 spiro atoms. The van der Waals surface area contributed by atoms with Gasteiger partial charge in [-0.3, -0.25) is 9.59 Å². The van der Waals surface area contributed by atoms with E-state index in [1.54, 1.807) is 0 Å². The third-order valence-electron chi connectivity index (χ3n) is 6.61. The summed E-state index contributed by atoms with van der Waals surface area (Å²) < 4.78 is 10.5. The molecule has 0 rings (SSSR count). The van der Waals surface area contributed by atoms with Crippen molar-refractivity contribution >= 4 is 11.9 Å². The molecular formula is C35H60O6. The summed E-state index contributed by atoms with van der Waals surface area (Å²) in [6, 6.07) is 0. The van der Waals surface area contributed by atoms with Gasteiger partial charge in [0.2, 0.25) is 0 Å². The number of unbranched alkanes of at least 4 members (excludes halogenated alkanes) is 9. The Kier molecular flexibility index (Phi) is 29.1. The molecule has 0 bridgehead atoms. The van der Waals surface area contributed by atoms with Gasteiger partial charge in [-0.05, 0) is 63.7 Å². The molecule has 41 heavy (non-hydrogen) atoms. The molecule has 236 valence electrons. The normalized spacial score (nSPS) is 12.9. The van der Waals surface area contributed by atoms with Gasteiger partial charge in [0.05, 0.1) is 6.61 Å². The molecule has 0 fully saturated rings. The minimum Gasteiger partial charge on any atom is -0.462 e. The second-order valence-corrected chi connectivity index (χ2v) is 11.1. The molecule has 6 nitrogen and oxygen atoms in total. The van der Waals surface area contributed by atoms with Crippen LogP contribution in [0.4, 0.5) is 0 Å². The fraction of sp³-hybridized carbons (Fsp3) is 0.714. The van der Waals surface area contributed by atoms with Crippen LogP contribution in [0.2, 0.25) is 0 Å². The smallest absolute Gasteiger partial charge is 0.306 e. The Balaban J connectivity index is 3.73. The lowest BCUT2D eigenvalue weighted by molar-refractivity contribution is -0.161. The highest BCUT2D eigenvalue weighted by Gasteiger charge is 2.16. The highest BCUT2D eigenvalue weighted by molar-refractivity contribution is 5.70. The van der Waals surface area contributed by atoms with Gasteiger partial charge in [-0.2, -0.15) is 0 Å². The van der Waals surface area contributed by atoms with Gasteiger partial charge in [-0.15, -0.1) is 0 Å². The molecule has 0 amide bonds. The Bertz CT molecular complexity index is 722. The van der Waals surface area contributed by atoms with Crippen molar-refractivity contribution in [1.82, 2.24) is 0 Å². The number of hydrogen-bond donors (Lipinski definition) is 2. The predicted octanol–water partition coefficient (Wildman–Crippen LogP) is 8.33. The molecule has 0 saturated carbocycles. The number of carbonyl (C=O) groups excluding carboxylic acids is 2. The Morgan fingerprint density at radius 3 is 1.71 bits per heavy atom. The van der Waals surface area contributed by atoms with Crippen LogP contribution in [0.15, 0.2) is 48.6 Å². The average Bonchev–Trinajstić information content (AvgIpc) is 2.95. The van der Waals surface area contributed by atoms with Crippen molar-refractivity contribution in [3.05, 3.63) is 48.6 Å². The Morgan fingerprint density at radius 1 is 0.610 bits per heavy atom. The summed E-state index contributed by atoms with van der Waals surface area (Å²) in [4.78, 5) is 24.0. The summed E-state index contributed by atoms with van der Waals surface area (Å²) in [6.07, 6.45) is 33.4. The number of allylic oxidation sites excluding steroid dienone is 8. The highest BCUT2D eigenvalue weighted by Crippen LogP contribution is 2.12. The van der Waals surface area contributed by atoms with E-state index in [9.17, 15) is 14.7 Å². The van der Waals surface area contributed by atoms with Gasteiger partial charge in [0, 0.05) is 19.4 Å². The van der Waals surface area contributed by atoms with Crippen molar-refractivity contribution in [1.29, 1.82) is 0 Å². The molecule has 0 unspecified atom stereocenters. The van der Waals surface area contributed by atoms with E-state index in [1.807, 2.05) is 0 Å². The number of aliphatic hydroxyl groups is 2. The Morgan fingerprint density at radius 2 is 1.12 bits per heavy atom. The summed E-state index contributed by atoms with van der Waals surface area (Å²) >= 11 is 0. The summed E-state index contributed by atoms with van der Waals surface area (Å²) in [5.74, 6) is 0.0820. The number of esters is 2. The minimum absolute atomic E-state index is 0.103. The van der Waals surface area contributed by atoms with E-state index in [-0.39, 0.29) is 25.2 Å². The lowest BCUT2D eigenvalue weighted by Gasteiger charge is -2.15. The first kappa shape index (κ1) is 38.8. The fourth-order valence-electron chi connectivity index (χ4n) is 4.12. The van der Waals surface area contributed by atoms with Crippen molar-refractivity contribution in [2.75, 3.05) is 19.8 Å². The van der Waals surface area contributed by atoms with Crippen molar-refractivity contribution in [2.24, 2.45) is 5.92 Å². The quantitative estimate of drug-likeness (QED) is 0.0552. The maximum absolute atomic E-state index is 12.0. The minimum atomic E-state index is -0.798. The van der Waals surface area contributed by atoms with Crippen LogP contribution in [0.5, 0.6) is 0 Å². The van der Waals surface area contributed by atoms with E-state index in [0.717, 1.165) is 76.5 Å². The van der Waals surface area contributed by atoms with Crippen LogP contribution in [0, 0.1) is 5.92 Å². The number of ether oxygens (including phenoxy) is 2. The standard InChI is InChI=1S/C35H60O6/c1-32(2)26-22-18-15-16-20-24-28-35(39)41-33(30-37)31-40-34(38)27-23-19-14-12-10-8-6-4-3-5-7-9-11-13-17-21-25-29-36/h3,5-6,8-9,11-12,14,32-33,36-37H,4,7,10,13,15-31H2,1-2H3/b5-3-,8-6-,11-9-,14-12-/t33-/m0/s1. The zero-order valence-electron chi connectivity index (χ0n) is 26.2. The number of hydrogen-bond acceptors (Lipinski definition) is 6. The van der Waals surface area contributed by atoms with Crippen molar-refractivity contribution in [3.8, 4) is 0 Å². The molecule has 0 heterocycles. The molecule has 0 aliphatic carbocycles.